The Morgan fingerprint density at radius 1 is 1.62 bits per heavy atom. The molecule has 1 aliphatic heterocycles. The van der Waals surface area contributed by atoms with Gasteiger partial charge in [0.25, 0.3) is 0 Å². The second-order valence-corrected chi connectivity index (χ2v) is 3.29. The van der Waals surface area contributed by atoms with Gasteiger partial charge in [0.05, 0.1) is 6.61 Å². The van der Waals surface area contributed by atoms with Crippen LogP contribution in [0.5, 0.6) is 0 Å². The lowest BCUT2D eigenvalue weighted by atomic mass is 9.95. The Morgan fingerprint density at radius 2 is 2.31 bits per heavy atom. The Labute approximate surface area is 77.6 Å². The molecule has 4 nitrogen and oxygen atoms in total. The maximum Gasteiger partial charge on any atom is 0.318 e. The highest BCUT2D eigenvalue weighted by atomic mass is 16.5. The van der Waals surface area contributed by atoms with Crippen molar-refractivity contribution in [1.29, 1.82) is 0 Å². The quantitative estimate of drug-likeness (QED) is 0.502. The predicted octanol–water partition coefficient (Wildman–Crippen LogP) is 0.464. The van der Waals surface area contributed by atoms with Crippen LogP contribution >= 0.6 is 0 Å². The SMILES string of the molecule is CCOC(=O)C1CC[C@@H](C)NC1=O. The van der Waals surface area contributed by atoms with Gasteiger partial charge in [-0.25, -0.2) is 0 Å². The number of piperidine rings is 1. The van der Waals surface area contributed by atoms with Crippen LogP contribution in [0.2, 0.25) is 0 Å². The third kappa shape index (κ3) is 2.44. The lowest BCUT2D eigenvalue weighted by Crippen LogP contribution is -2.45. The number of rotatable bonds is 2. The van der Waals surface area contributed by atoms with Crippen LogP contribution in [-0.4, -0.2) is 24.5 Å². The number of carbonyl (C=O) groups excluding carboxylic acids is 2. The zero-order valence-electron chi connectivity index (χ0n) is 8.00. The van der Waals surface area contributed by atoms with E-state index < -0.39 is 11.9 Å². The molecule has 1 aliphatic rings. The van der Waals surface area contributed by atoms with Crippen molar-refractivity contribution in [3.8, 4) is 0 Å². The molecule has 0 radical (unpaired) electrons. The molecule has 0 aromatic carbocycles. The number of amides is 1. The van der Waals surface area contributed by atoms with Crippen LogP contribution in [-0.2, 0) is 14.3 Å². The maximum atomic E-state index is 11.3. The summed E-state index contributed by atoms with van der Waals surface area (Å²) >= 11 is 0. The number of hydrogen-bond acceptors (Lipinski definition) is 3. The summed E-state index contributed by atoms with van der Waals surface area (Å²) in [5.41, 5.74) is 0. The molecule has 74 valence electrons. The van der Waals surface area contributed by atoms with E-state index in [9.17, 15) is 9.59 Å². The Balaban J connectivity index is 2.51. The van der Waals surface area contributed by atoms with Crippen molar-refractivity contribution < 1.29 is 14.3 Å². The molecule has 1 heterocycles. The van der Waals surface area contributed by atoms with Crippen LogP contribution in [0.4, 0.5) is 0 Å². The van der Waals surface area contributed by atoms with E-state index in [-0.39, 0.29) is 11.9 Å². The first-order valence-corrected chi connectivity index (χ1v) is 4.62. The topological polar surface area (TPSA) is 55.4 Å². The van der Waals surface area contributed by atoms with Crippen molar-refractivity contribution in [3.63, 3.8) is 0 Å². The van der Waals surface area contributed by atoms with Gasteiger partial charge in [0.15, 0.2) is 0 Å². The minimum atomic E-state index is -0.587. The summed E-state index contributed by atoms with van der Waals surface area (Å²) in [7, 11) is 0. The van der Waals surface area contributed by atoms with Gasteiger partial charge in [-0.15, -0.1) is 0 Å². The molecule has 1 saturated heterocycles. The molecule has 0 saturated carbocycles. The van der Waals surface area contributed by atoms with E-state index in [2.05, 4.69) is 5.32 Å². The Morgan fingerprint density at radius 3 is 2.85 bits per heavy atom. The highest BCUT2D eigenvalue weighted by Gasteiger charge is 2.32. The van der Waals surface area contributed by atoms with Crippen LogP contribution in [0, 0.1) is 5.92 Å². The Hall–Kier alpha value is -1.06. The minimum Gasteiger partial charge on any atom is -0.465 e. The number of carbonyl (C=O) groups is 2. The van der Waals surface area contributed by atoms with Gasteiger partial charge >= 0.3 is 5.97 Å². The van der Waals surface area contributed by atoms with Gasteiger partial charge in [0.2, 0.25) is 5.91 Å². The maximum absolute atomic E-state index is 11.3. The molecule has 0 spiro atoms. The van der Waals surface area contributed by atoms with Crippen molar-refractivity contribution in [3.05, 3.63) is 0 Å². The number of hydrogen-bond donors (Lipinski definition) is 1. The fourth-order valence-corrected chi connectivity index (χ4v) is 1.43. The largest absolute Gasteiger partial charge is 0.465 e. The highest BCUT2D eigenvalue weighted by Crippen LogP contribution is 2.16. The van der Waals surface area contributed by atoms with Crippen LogP contribution in [0.25, 0.3) is 0 Å². The summed E-state index contributed by atoms with van der Waals surface area (Å²) < 4.78 is 4.79. The number of nitrogens with one attached hydrogen (secondary N) is 1. The Kier molecular flexibility index (Phi) is 3.28. The van der Waals surface area contributed by atoms with Gasteiger partial charge in [-0.3, -0.25) is 9.59 Å². The van der Waals surface area contributed by atoms with E-state index in [0.717, 1.165) is 6.42 Å². The molecule has 0 aromatic heterocycles. The van der Waals surface area contributed by atoms with E-state index in [1.165, 1.54) is 0 Å². The molecule has 1 unspecified atom stereocenters. The molecular weight excluding hydrogens is 170 g/mol. The fourth-order valence-electron chi connectivity index (χ4n) is 1.43. The van der Waals surface area contributed by atoms with Crippen molar-refractivity contribution >= 4 is 11.9 Å². The van der Waals surface area contributed by atoms with Crippen molar-refractivity contribution in [1.82, 2.24) is 5.32 Å². The first kappa shape index (κ1) is 10.0. The molecule has 4 heteroatoms. The van der Waals surface area contributed by atoms with Crippen molar-refractivity contribution in [2.24, 2.45) is 5.92 Å². The average molecular weight is 185 g/mol. The van der Waals surface area contributed by atoms with E-state index >= 15 is 0 Å². The summed E-state index contributed by atoms with van der Waals surface area (Å²) in [6.45, 7) is 4.00. The summed E-state index contributed by atoms with van der Waals surface area (Å²) in [6, 6.07) is 0.179. The van der Waals surface area contributed by atoms with E-state index in [4.69, 9.17) is 4.74 Å². The summed E-state index contributed by atoms with van der Waals surface area (Å²) in [5, 5.41) is 2.73. The first-order valence-electron chi connectivity index (χ1n) is 4.62. The van der Waals surface area contributed by atoms with E-state index in [1.807, 2.05) is 6.92 Å². The molecule has 0 bridgehead atoms. The van der Waals surface area contributed by atoms with Gasteiger partial charge in [-0.1, -0.05) is 0 Å². The molecular formula is C9H15NO3. The molecule has 1 fully saturated rings. The zero-order valence-corrected chi connectivity index (χ0v) is 8.00. The normalized spacial score (nSPS) is 28.0. The summed E-state index contributed by atoms with van der Waals surface area (Å²) in [4.78, 5) is 22.5. The van der Waals surface area contributed by atoms with Crippen molar-refractivity contribution in [2.75, 3.05) is 6.61 Å². The van der Waals surface area contributed by atoms with Crippen LogP contribution < -0.4 is 5.32 Å². The van der Waals surface area contributed by atoms with Crippen LogP contribution in [0.1, 0.15) is 26.7 Å². The van der Waals surface area contributed by atoms with Gasteiger partial charge < -0.3 is 10.1 Å². The standard InChI is InChI=1S/C9H15NO3/c1-3-13-9(12)7-5-4-6(2)10-8(7)11/h6-7H,3-5H2,1-2H3,(H,10,11)/t6-,7?/m1/s1. The molecule has 0 aliphatic carbocycles. The zero-order chi connectivity index (χ0) is 9.84. The number of ether oxygens (including phenoxy) is 1. The third-order valence-electron chi connectivity index (χ3n) is 2.16. The molecule has 2 atom stereocenters. The highest BCUT2D eigenvalue weighted by molar-refractivity contribution is 5.98. The molecule has 13 heavy (non-hydrogen) atoms. The molecule has 0 aromatic rings. The first-order chi connectivity index (χ1) is 6.15. The van der Waals surface area contributed by atoms with Crippen LogP contribution in [0.3, 0.4) is 0 Å². The lowest BCUT2D eigenvalue weighted by Gasteiger charge is -2.25. The van der Waals surface area contributed by atoms with Gasteiger partial charge in [0.1, 0.15) is 5.92 Å². The van der Waals surface area contributed by atoms with Gasteiger partial charge in [-0.2, -0.15) is 0 Å². The fraction of sp³-hybridized carbons (Fsp3) is 0.778. The van der Waals surface area contributed by atoms with E-state index in [1.54, 1.807) is 6.92 Å². The molecule has 1 amide bonds. The molecule has 1 N–H and O–H groups in total. The minimum absolute atomic E-state index is 0.179. The smallest absolute Gasteiger partial charge is 0.318 e. The summed E-state index contributed by atoms with van der Waals surface area (Å²) in [5.74, 6) is -1.18. The Bertz CT molecular complexity index is 207. The van der Waals surface area contributed by atoms with Gasteiger partial charge in [-0.05, 0) is 26.7 Å². The lowest BCUT2D eigenvalue weighted by molar-refractivity contribution is -0.153. The summed E-state index contributed by atoms with van der Waals surface area (Å²) in [6.07, 6.45) is 1.45. The molecule has 1 rings (SSSR count). The second-order valence-electron chi connectivity index (χ2n) is 3.29. The second kappa shape index (κ2) is 4.25. The number of esters is 1. The van der Waals surface area contributed by atoms with Crippen molar-refractivity contribution in [2.45, 2.75) is 32.7 Å². The van der Waals surface area contributed by atoms with Gasteiger partial charge in [0, 0.05) is 6.04 Å². The van der Waals surface area contributed by atoms with Crippen LogP contribution in [0.15, 0.2) is 0 Å². The van der Waals surface area contributed by atoms with E-state index in [0.29, 0.717) is 13.0 Å². The monoisotopic (exact) mass is 185 g/mol. The predicted molar refractivity (Wildman–Crippen MR) is 47.0 cm³/mol. The third-order valence-corrected chi connectivity index (χ3v) is 2.16. The average Bonchev–Trinajstić information content (AvgIpc) is 2.04.